The molecule has 0 spiro atoms. The molecule has 2 heterocycles. The van der Waals surface area contributed by atoms with Crippen LogP contribution in [-0.4, -0.2) is 54.9 Å². The molecule has 4 aromatic rings. The second kappa shape index (κ2) is 13.9. The van der Waals surface area contributed by atoms with E-state index < -0.39 is 29.8 Å². The van der Waals surface area contributed by atoms with E-state index in [2.05, 4.69) is 4.98 Å². The number of rotatable bonds is 10. The summed E-state index contributed by atoms with van der Waals surface area (Å²) in [7, 11) is 4.32. The van der Waals surface area contributed by atoms with Gasteiger partial charge in [0.2, 0.25) is 5.75 Å². The molecule has 6 rings (SSSR count). The highest BCUT2D eigenvalue weighted by Gasteiger charge is 2.40. The highest BCUT2D eigenvalue weighted by Crippen LogP contribution is 2.39. The van der Waals surface area contributed by atoms with Crippen LogP contribution >= 0.6 is 0 Å². The molecule has 47 heavy (non-hydrogen) atoms. The summed E-state index contributed by atoms with van der Waals surface area (Å²) in [6.45, 7) is 0.462. The Kier molecular flexibility index (Phi) is 9.37. The molecule has 1 aliphatic carbocycles. The number of pyridine rings is 1. The van der Waals surface area contributed by atoms with Gasteiger partial charge in [-0.05, 0) is 83.5 Å². The van der Waals surface area contributed by atoms with E-state index in [1.165, 1.54) is 38.4 Å². The second-order valence-corrected chi connectivity index (χ2v) is 11.5. The van der Waals surface area contributed by atoms with E-state index in [-0.39, 0.29) is 30.0 Å². The molecule has 2 aliphatic rings. The van der Waals surface area contributed by atoms with Gasteiger partial charge >= 0.3 is 5.97 Å². The molecule has 1 unspecified atom stereocenters. The summed E-state index contributed by atoms with van der Waals surface area (Å²) in [6, 6.07) is 19.1. The molecular weight excluding hydrogens is 600 g/mol. The van der Waals surface area contributed by atoms with Gasteiger partial charge in [0.15, 0.2) is 11.5 Å². The number of nitrogens with zero attached hydrogens (tertiary/aromatic N) is 2. The molecule has 1 amide bonds. The number of esters is 1. The van der Waals surface area contributed by atoms with E-state index in [4.69, 9.17) is 23.7 Å². The van der Waals surface area contributed by atoms with Crippen LogP contribution in [0.1, 0.15) is 57.1 Å². The smallest absolute Gasteiger partial charge is 0.329 e. The summed E-state index contributed by atoms with van der Waals surface area (Å²) in [5, 5.41) is 0. The van der Waals surface area contributed by atoms with Gasteiger partial charge in [-0.15, -0.1) is 0 Å². The van der Waals surface area contributed by atoms with Crippen LogP contribution in [0, 0.1) is 0 Å². The maximum atomic E-state index is 14.0. The van der Waals surface area contributed by atoms with Gasteiger partial charge in [-0.1, -0.05) is 30.3 Å². The molecule has 3 aromatic carbocycles. The van der Waals surface area contributed by atoms with Crippen LogP contribution in [0.5, 0.6) is 23.0 Å². The van der Waals surface area contributed by atoms with Gasteiger partial charge in [0, 0.05) is 30.9 Å². The Hall–Kier alpha value is -5.38. The highest BCUT2D eigenvalue weighted by atomic mass is 16.5. The first kappa shape index (κ1) is 31.6. The monoisotopic (exact) mass is 636 g/mol. The van der Waals surface area contributed by atoms with Gasteiger partial charge in [-0.3, -0.25) is 14.6 Å². The van der Waals surface area contributed by atoms with Crippen LogP contribution in [0.3, 0.4) is 0 Å². The van der Waals surface area contributed by atoms with Gasteiger partial charge in [-0.25, -0.2) is 4.79 Å². The second-order valence-electron chi connectivity index (χ2n) is 11.5. The molecule has 0 bridgehead atoms. The molecule has 0 radical (unpaired) electrons. The van der Waals surface area contributed by atoms with Crippen molar-refractivity contribution in [3.05, 3.63) is 113 Å². The lowest BCUT2D eigenvalue weighted by molar-refractivity contribution is -0.160. The highest BCUT2D eigenvalue weighted by molar-refractivity contribution is 6.43. The number of ketones is 1. The Bertz CT molecular complexity index is 1770. The summed E-state index contributed by atoms with van der Waals surface area (Å²) < 4.78 is 28.4. The van der Waals surface area contributed by atoms with Gasteiger partial charge in [0.1, 0.15) is 24.5 Å². The molecule has 10 nitrogen and oxygen atoms in total. The third-order valence-electron chi connectivity index (χ3n) is 8.69. The van der Waals surface area contributed by atoms with Crippen LogP contribution in [-0.2, 0) is 40.3 Å². The number of carbonyl (C=O) groups is 3. The number of aryl methyl sites for hydroxylation is 1. The summed E-state index contributed by atoms with van der Waals surface area (Å²) >= 11 is 0. The molecule has 10 heteroatoms. The van der Waals surface area contributed by atoms with Crippen molar-refractivity contribution in [3.8, 4) is 23.0 Å². The molecule has 2 atom stereocenters. The largest absolute Gasteiger partial charge is 0.493 e. The fourth-order valence-corrected chi connectivity index (χ4v) is 6.22. The van der Waals surface area contributed by atoms with Crippen molar-refractivity contribution in [3.63, 3.8) is 0 Å². The van der Waals surface area contributed by atoms with E-state index >= 15 is 0 Å². The predicted molar refractivity (Wildman–Crippen MR) is 172 cm³/mol. The zero-order chi connectivity index (χ0) is 32.9. The number of methoxy groups -OCH3 is 3. The summed E-state index contributed by atoms with van der Waals surface area (Å²) in [4.78, 5) is 47.0. The lowest BCUT2D eigenvalue weighted by atomic mass is 9.89. The van der Waals surface area contributed by atoms with E-state index in [0.717, 1.165) is 40.7 Å². The van der Waals surface area contributed by atoms with E-state index in [9.17, 15) is 14.4 Å². The lowest BCUT2D eigenvalue weighted by Crippen LogP contribution is -2.51. The number of amides is 1. The topological polar surface area (TPSA) is 113 Å². The minimum Gasteiger partial charge on any atom is -0.493 e. The molecule has 0 N–H and O–H groups in total. The summed E-state index contributed by atoms with van der Waals surface area (Å²) in [5.74, 6) is -0.751. The van der Waals surface area contributed by atoms with Crippen LogP contribution in [0.15, 0.2) is 79.1 Å². The first-order chi connectivity index (χ1) is 22.9. The van der Waals surface area contributed by atoms with Gasteiger partial charge in [0.05, 0.1) is 21.3 Å². The normalized spacial score (nSPS) is 16.7. The zero-order valence-corrected chi connectivity index (χ0v) is 26.6. The molecule has 0 saturated carbocycles. The number of fused-ring (bicyclic) bond motifs is 2. The Morgan fingerprint density at radius 3 is 2.28 bits per heavy atom. The Morgan fingerprint density at radius 2 is 1.57 bits per heavy atom. The number of carbonyl (C=O) groups excluding carboxylic acids is 3. The molecule has 0 fully saturated rings. The molecule has 1 aromatic heterocycles. The summed E-state index contributed by atoms with van der Waals surface area (Å²) in [6.07, 6.45) is 5.48. The fourth-order valence-electron chi connectivity index (χ4n) is 6.22. The lowest BCUT2D eigenvalue weighted by Gasteiger charge is -2.36. The van der Waals surface area contributed by atoms with Crippen molar-refractivity contribution in [2.75, 3.05) is 21.3 Å². The number of hydrogen-bond acceptors (Lipinski definition) is 9. The van der Waals surface area contributed by atoms with Crippen molar-refractivity contribution in [1.29, 1.82) is 0 Å². The minimum absolute atomic E-state index is 0.0518. The standard InChI is InChI=1S/C37H36N2O8/c1-43-32-18-27(19-33(44-2)35(32)45-3)34(40)36(41)39-21-26-8-5-4-7-25(26)17-30(39)37(42)47-31-10-6-9-24-11-12-28(20-29(24)31)46-22-23-13-15-38-16-14-23/h4-5,7-8,11-16,18-20,30-31H,6,9-10,17,21-22H2,1-3H3/t30-,31?/m0/s1. The van der Waals surface area contributed by atoms with Crippen molar-refractivity contribution < 1.29 is 38.1 Å². The number of hydrogen-bond donors (Lipinski definition) is 0. The van der Waals surface area contributed by atoms with Crippen LogP contribution in [0.2, 0.25) is 0 Å². The maximum Gasteiger partial charge on any atom is 0.329 e. The van der Waals surface area contributed by atoms with Gasteiger partial charge < -0.3 is 28.6 Å². The SMILES string of the molecule is COc1cc(C(=O)C(=O)N2Cc3ccccc3C[C@H]2C(=O)OC2CCCc3ccc(OCc4ccncc4)cc32)cc(OC)c1OC. The van der Waals surface area contributed by atoms with E-state index in [1.807, 2.05) is 54.6 Å². The average molecular weight is 637 g/mol. The molecule has 242 valence electrons. The zero-order valence-electron chi connectivity index (χ0n) is 26.6. The van der Waals surface area contributed by atoms with E-state index in [0.29, 0.717) is 24.5 Å². The van der Waals surface area contributed by atoms with Crippen molar-refractivity contribution in [2.45, 2.75) is 51.0 Å². The number of benzene rings is 3. The van der Waals surface area contributed by atoms with Crippen molar-refractivity contribution in [2.24, 2.45) is 0 Å². The quantitative estimate of drug-likeness (QED) is 0.128. The Balaban J connectivity index is 1.25. The van der Waals surface area contributed by atoms with E-state index in [1.54, 1.807) is 12.4 Å². The average Bonchev–Trinajstić information content (AvgIpc) is 3.12. The molecular formula is C37H36N2O8. The molecule has 1 aliphatic heterocycles. The van der Waals surface area contributed by atoms with Crippen molar-refractivity contribution in [1.82, 2.24) is 9.88 Å². The predicted octanol–water partition coefficient (Wildman–Crippen LogP) is 5.44. The summed E-state index contributed by atoms with van der Waals surface area (Å²) in [5.41, 5.74) is 4.81. The Morgan fingerprint density at radius 1 is 0.851 bits per heavy atom. The third-order valence-corrected chi connectivity index (χ3v) is 8.69. The van der Waals surface area contributed by atoms with Crippen LogP contribution in [0.25, 0.3) is 0 Å². The van der Waals surface area contributed by atoms with Crippen molar-refractivity contribution >= 4 is 17.7 Å². The van der Waals surface area contributed by atoms with Gasteiger partial charge in [-0.2, -0.15) is 0 Å². The Labute approximate surface area is 273 Å². The first-order valence-corrected chi connectivity index (χ1v) is 15.5. The third kappa shape index (κ3) is 6.63. The maximum absolute atomic E-state index is 14.0. The number of aromatic nitrogens is 1. The molecule has 0 saturated heterocycles. The van der Waals surface area contributed by atoms with Crippen LogP contribution < -0.4 is 18.9 Å². The first-order valence-electron chi connectivity index (χ1n) is 15.5. The number of Topliss-reactive ketones (excluding diaryl/α,β-unsaturated/α-hetero) is 1. The van der Waals surface area contributed by atoms with Gasteiger partial charge in [0.25, 0.3) is 11.7 Å². The minimum atomic E-state index is -1.00. The number of ether oxygens (including phenoxy) is 5. The fraction of sp³-hybridized carbons (Fsp3) is 0.297. The van der Waals surface area contributed by atoms with Crippen LogP contribution in [0.4, 0.5) is 0 Å².